The fourth-order valence-electron chi connectivity index (χ4n) is 1.47. The van der Waals surface area contributed by atoms with Crippen molar-refractivity contribution in [2.24, 2.45) is 5.92 Å². The lowest BCUT2D eigenvalue weighted by molar-refractivity contribution is 0.378. The zero-order valence-electron chi connectivity index (χ0n) is 9.57. The minimum Gasteiger partial charge on any atom is -0.368 e. The second-order valence-electron chi connectivity index (χ2n) is 3.83. The average Bonchev–Trinajstić information content (AvgIpc) is 2.34. The maximum atomic E-state index is 13.4. The monoisotopic (exact) mass is 264 g/mol. The molecule has 0 N–H and O–H groups in total. The molecular weight excluding hydrogens is 255 g/mol. The zero-order valence-corrected chi connectivity index (χ0v) is 9.57. The summed E-state index contributed by atoms with van der Waals surface area (Å²) in [7, 11) is 1.14. The van der Waals surface area contributed by atoms with Crippen molar-refractivity contribution >= 4 is 5.69 Å². The lowest BCUT2D eigenvalue weighted by Gasteiger charge is -2.22. The first-order chi connectivity index (χ1) is 8.31. The number of rotatable bonds is 3. The predicted octanol–water partition coefficient (Wildman–Crippen LogP) is 2.98. The highest BCUT2D eigenvalue weighted by molar-refractivity contribution is 5.50. The Bertz CT molecular complexity index is 480. The van der Waals surface area contributed by atoms with E-state index in [9.17, 15) is 22.0 Å². The molecule has 1 rings (SSSR count). The number of anilines is 1. The Kier molecular flexibility index (Phi) is 4.11. The SMILES string of the molecule is CC(C#N)CN(C)c1c(F)c(F)c(F)c(F)c1F. The van der Waals surface area contributed by atoms with Crippen molar-refractivity contribution in [1.82, 2.24) is 0 Å². The summed E-state index contributed by atoms with van der Waals surface area (Å²) in [4.78, 5) is 0.824. The summed E-state index contributed by atoms with van der Waals surface area (Å²) in [5, 5.41) is 8.55. The first-order valence-corrected chi connectivity index (χ1v) is 4.93. The molecular formula is C11H9F5N2. The highest BCUT2D eigenvalue weighted by Gasteiger charge is 2.28. The molecule has 0 radical (unpaired) electrons. The molecule has 0 bridgehead atoms. The normalized spacial score (nSPS) is 12.1. The van der Waals surface area contributed by atoms with Gasteiger partial charge in [-0.25, -0.2) is 22.0 Å². The van der Waals surface area contributed by atoms with Crippen LogP contribution >= 0.6 is 0 Å². The van der Waals surface area contributed by atoms with Crippen molar-refractivity contribution in [2.75, 3.05) is 18.5 Å². The second kappa shape index (κ2) is 5.21. The van der Waals surface area contributed by atoms with Crippen LogP contribution in [0.15, 0.2) is 0 Å². The number of nitriles is 1. The topological polar surface area (TPSA) is 27.0 Å². The molecule has 1 unspecified atom stereocenters. The van der Waals surface area contributed by atoms with Crippen molar-refractivity contribution in [3.05, 3.63) is 29.1 Å². The molecule has 0 aliphatic rings. The van der Waals surface area contributed by atoms with Crippen molar-refractivity contribution in [1.29, 1.82) is 5.26 Å². The van der Waals surface area contributed by atoms with Crippen LogP contribution in [0.4, 0.5) is 27.6 Å². The summed E-state index contributed by atoms with van der Waals surface area (Å²) in [6.45, 7) is 1.30. The van der Waals surface area contributed by atoms with Crippen LogP contribution in [0.5, 0.6) is 0 Å². The molecule has 0 heterocycles. The van der Waals surface area contributed by atoms with Crippen molar-refractivity contribution in [3.63, 3.8) is 0 Å². The standard InChI is InChI=1S/C11H9F5N2/c1-5(3-17)4-18(2)11-9(15)7(13)6(12)8(14)10(11)16/h5H,4H2,1-2H3. The number of nitrogens with zero attached hydrogens (tertiary/aromatic N) is 2. The largest absolute Gasteiger partial charge is 0.368 e. The van der Waals surface area contributed by atoms with Crippen LogP contribution in [0.25, 0.3) is 0 Å². The van der Waals surface area contributed by atoms with E-state index in [0.717, 1.165) is 11.9 Å². The van der Waals surface area contributed by atoms with E-state index in [2.05, 4.69) is 0 Å². The molecule has 0 aliphatic heterocycles. The predicted molar refractivity (Wildman–Crippen MR) is 54.3 cm³/mol. The lowest BCUT2D eigenvalue weighted by Crippen LogP contribution is -2.26. The van der Waals surface area contributed by atoms with E-state index < -0.39 is 40.7 Å². The Morgan fingerprint density at radius 1 is 1.00 bits per heavy atom. The van der Waals surface area contributed by atoms with Gasteiger partial charge >= 0.3 is 0 Å². The fourth-order valence-corrected chi connectivity index (χ4v) is 1.47. The van der Waals surface area contributed by atoms with Crippen LogP contribution in [-0.2, 0) is 0 Å². The lowest BCUT2D eigenvalue weighted by atomic mass is 10.1. The average molecular weight is 264 g/mol. The van der Waals surface area contributed by atoms with E-state index in [1.165, 1.54) is 6.92 Å². The van der Waals surface area contributed by atoms with Crippen molar-refractivity contribution < 1.29 is 22.0 Å². The van der Waals surface area contributed by atoms with E-state index in [4.69, 9.17) is 5.26 Å². The van der Waals surface area contributed by atoms with Crippen LogP contribution in [0, 0.1) is 46.3 Å². The second-order valence-corrected chi connectivity index (χ2v) is 3.83. The van der Waals surface area contributed by atoms with Gasteiger partial charge in [-0.1, -0.05) is 0 Å². The first kappa shape index (κ1) is 14.2. The summed E-state index contributed by atoms with van der Waals surface area (Å²) in [6.07, 6.45) is 0. The smallest absolute Gasteiger partial charge is 0.200 e. The molecule has 0 spiro atoms. The fraction of sp³-hybridized carbons (Fsp3) is 0.364. The Morgan fingerprint density at radius 3 is 1.78 bits per heavy atom. The Labute approximate surface area is 100 Å². The Hall–Kier alpha value is -1.84. The minimum atomic E-state index is -2.20. The highest BCUT2D eigenvalue weighted by atomic mass is 19.2. The van der Waals surface area contributed by atoms with Crippen LogP contribution in [-0.4, -0.2) is 13.6 Å². The molecule has 0 saturated carbocycles. The van der Waals surface area contributed by atoms with Gasteiger partial charge in [-0.3, -0.25) is 0 Å². The molecule has 18 heavy (non-hydrogen) atoms. The molecule has 1 aromatic rings. The van der Waals surface area contributed by atoms with E-state index in [1.807, 2.05) is 0 Å². The van der Waals surface area contributed by atoms with E-state index in [1.54, 1.807) is 6.07 Å². The summed E-state index contributed by atoms with van der Waals surface area (Å²) in [6, 6.07) is 1.80. The number of benzene rings is 1. The molecule has 0 aliphatic carbocycles. The molecule has 0 fully saturated rings. The van der Waals surface area contributed by atoms with Crippen LogP contribution in [0.1, 0.15) is 6.92 Å². The van der Waals surface area contributed by atoms with Crippen LogP contribution in [0.3, 0.4) is 0 Å². The minimum absolute atomic E-state index is 0.158. The Morgan fingerprint density at radius 2 is 1.39 bits per heavy atom. The summed E-state index contributed by atoms with van der Waals surface area (Å²) < 4.78 is 65.4. The summed E-state index contributed by atoms with van der Waals surface area (Å²) in [5.41, 5.74) is -1.03. The van der Waals surface area contributed by atoms with E-state index in [0.29, 0.717) is 0 Å². The maximum absolute atomic E-state index is 13.4. The molecule has 98 valence electrons. The molecule has 0 aromatic heterocycles. The summed E-state index contributed by atoms with van der Waals surface area (Å²) >= 11 is 0. The van der Waals surface area contributed by atoms with E-state index >= 15 is 0 Å². The number of hydrogen-bond acceptors (Lipinski definition) is 2. The molecule has 7 heteroatoms. The van der Waals surface area contributed by atoms with Gasteiger partial charge in [0.25, 0.3) is 0 Å². The summed E-state index contributed by atoms with van der Waals surface area (Å²) in [5.74, 6) is -10.6. The Balaban J connectivity index is 3.29. The molecule has 1 aromatic carbocycles. The number of halogens is 5. The van der Waals surface area contributed by atoms with E-state index in [-0.39, 0.29) is 6.54 Å². The third kappa shape index (κ3) is 2.37. The van der Waals surface area contributed by atoms with Gasteiger partial charge in [0.15, 0.2) is 23.3 Å². The number of hydrogen-bond donors (Lipinski definition) is 0. The van der Waals surface area contributed by atoms with Gasteiger partial charge in [0.2, 0.25) is 5.82 Å². The van der Waals surface area contributed by atoms with Gasteiger partial charge in [-0.15, -0.1) is 0 Å². The van der Waals surface area contributed by atoms with Crippen LogP contribution in [0.2, 0.25) is 0 Å². The van der Waals surface area contributed by atoms with Gasteiger partial charge in [0.05, 0.1) is 12.0 Å². The third-order valence-electron chi connectivity index (χ3n) is 2.34. The van der Waals surface area contributed by atoms with Crippen molar-refractivity contribution in [2.45, 2.75) is 6.92 Å². The maximum Gasteiger partial charge on any atom is 0.200 e. The highest BCUT2D eigenvalue weighted by Crippen LogP contribution is 2.29. The van der Waals surface area contributed by atoms with Gasteiger partial charge in [-0.05, 0) is 6.92 Å². The van der Waals surface area contributed by atoms with Gasteiger partial charge in [0.1, 0.15) is 5.69 Å². The molecule has 0 amide bonds. The first-order valence-electron chi connectivity index (χ1n) is 4.93. The molecule has 1 atom stereocenters. The van der Waals surface area contributed by atoms with Crippen molar-refractivity contribution in [3.8, 4) is 6.07 Å². The molecule has 2 nitrogen and oxygen atoms in total. The van der Waals surface area contributed by atoms with Gasteiger partial charge in [0, 0.05) is 13.6 Å². The van der Waals surface area contributed by atoms with Crippen LogP contribution < -0.4 is 4.90 Å². The quantitative estimate of drug-likeness (QED) is 0.476. The molecule has 0 saturated heterocycles. The van der Waals surface area contributed by atoms with Gasteiger partial charge < -0.3 is 4.90 Å². The zero-order chi connectivity index (χ0) is 14.0. The van der Waals surface area contributed by atoms with Gasteiger partial charge in [-0.2, -0.15) is 5.26 Å². The third-order valence-corrected chi connectivity index (χ3v) is 2.34.